The van der Waals surface area contributed by atoms with Gasteiger partial charge in [0.1, 0.15) is 5.75 Å². The first-order chi connectivity index (χ1) is 8.10. The molecule has 0 radical (unpaired) electrons. The van der Waals surface area contributed by atoms with E-state index >= 15 is 0 Å². The lowest BCUT2D eigenvalue weighted by Crippen LogP contribution is -2.19. The van der Waals surface area contributed by atoms with Crippen molar-refractivity contribution < 1.29 is 14.6 Å². The van der Waals surface area contributed by atoms with Crippen LogP contribution in [0.25, 0.3) is 0 Å². The predicted octanol–water partition coefficient (Wildman–Crippen LogP) is 2.84. The number of hydrogen-bond acceptors (Lipinski definition) is 2. The summed E-state index contributed by atoms with van der Waals surface area (Å²) in [6.07, 6.45) is 2.20. The van der Waals surface area contributed by atoms with E-state index in [1.807, 2.05) is 12.1 Å². The summed E-state index contributed by atoms with van der Waals surface area (Å²) in [5.74, 6) is 0.771. The number of carboxylic acid groups (broad SMARTS) is 1. The standard InChI is InChI=1S/C14H18O3/c1-9-5-10-3-4-12(17-2)8-13(10)11(6-9)7-14(15)16/h3-4,8-9,11H,5-7H2,1-2H3,(H,15,16). The maximum absolute atomic E-state index is 10.9. The van der Waals surface area contributed by atoms with E-state index in [1.165, 1.54) is 5.56 Å². The van der Waals surface area contributed by atoms with Gasteiger partial charge in [0, 0.05) is 0 Å². The molecule has 0 aromatic heterocycles. The molecule has 1 aliphatic rings. The molecule has 0 aliphatic heterocycles. The SMILES string of the molecule is COc1ccc2c(c1)C(CC(=O)O)CC(C)C2. The lowest BCUT2D eigenvalue weighted by Gasteiger charge is -2.29. The van der Waals surface area contributed by atoms with Gasteiger partial charge in [-0.2, -0.15) is 0 Å². The van der Waals surface area contributed by atoms with Crippen molar-refractivity contribution >= 4 is 5.97 Å². The van der Waals surface area contributed by atoms with Crippen molar-refractivity contribution in [2.45, 2.75) is 32.1 Å². The first-order valence-corrected chi connectivity index (χ1v) is 5.98. The molecule has 2 unspecified atom stereocenters. The van der Waals surface area contributed by atoms with Gasteiger partial charge >= 0.3 is 5.97 Å². The van der Waals surface area contributed by atoms with Crippen molar-refractivity contribution in [2.75, 3.05) is 7.11 Å². The van der Waals surface area contributed by atoms with Crippen LogP contribution in [0.1, 0.15) is 36.8 Å². The Kier molecular flexibility index (Phi) is 3.36. The number of rotatable bonds is 3. The maximum Gasteiger partial charge on any atom is 0.303 e. The quantitative estimate of drug-likeness (QED) is 0.874. The predicted molar refractivity (Wildman–Crippen MR) is 65.5 cm³/mol. The number of fused-ring (bicyclic) bond motifs is 1. The molecule has 0 amide bonds. The van der Waals surface area contributed by atoms with Crippen molar-refractivity contribution in [3.8, 4) is 5.75 Å². The minimum atomic E-state index is -0.724. The van der Waals surface area contributed by atoms with Crippen molar-refractivity contribution in [1.82, 2.24) is 0 Å². The number of carboxylic acids is 1. The minimum Gasteiger partial charge on any atom is -0.497 e. The Hall–Kier alpha value is -1.51. The second kappa shape index (κ2) is 4.78. The van der Waals surface area contributed by atoms with Crippen LogP contribution in [0, 0.1) is 5.92 Å². The van der Waals surface area contributed by atoms with Gasteiger partial charge in [0.15, 0.2) is 0 Å². The Morgan fingerprint density at radius 1 is 1.53 bits per heavy atom. The average Bonchev–Trinajstić information content (AvgIpc) is 2.27. The number of benzene rings is 1. The van der Waals surface area contributed by atoms with Crippen LogP contribution in [0.15, 0.2) is 18.2 Å². The van der Waals surface area contributed by atoms with Crippen LogP contribution in [0.3, 0.4) is 0 Å². The van der Waals surface area contributed by atoms with Gasteiger partial charge in [0.25, 0.3) is 0 Å². The zero-order valence-electron chi connectivity index (χ0n) is 10.3. The van der Waals surface area contributed by atoms with Crippen LogP contribution in [-0.2, 0) is 11.2 Å². The van der Waals surface area contributed by atoms with Gasteiger partial charge in [0.05, 0.1) is 13.5 Å². The molecule has 0 saturated heterocycles. The highest BCUT2D eigenvalue weighted by atomic mass is 16.5. The summed E-state index contributed by atoms with van der Waals surface area (Å²) < 4.78 is 5.21. The van der Waals surface area contributed by atoms with Crippen LogP contribution in [0.4, 0.5) is 0 Å². The molecule has 2 rings (SSSR count). The van der Waals surface area contributed by atoms with E-state index in [0.29, 0.717) is 5.92 Å². The Morgan fingerprint density at radius 2 is 2.29 bits per heavy atom. The van der Waals surface area contributed by atoms with E-state index in [-0.39, 0.29) is 12.3 Å². The van der Waals surface area contributed by atoms with Gasteiger partial charge in [-0.05, 0) is 47.9 Å². The topological polar surface area (TPSA) is 46.5 Å². The van der Waals surface area contributed by atoms with E-state index in [2.05, 4.69) is 13.0 Å². The number of hydrogen-bond donors (Lipinski definition) is 1. The number of ether oxygens (including phenoxy) is 1. The van der Waals surface area contributed by atoms with Crippen LogP contribution in [-0.4, -0.2) is 18.2 Å². The van der Waals surface area contributed by atoms with E-state index in [1.54, 1.807) is 7.11 Å². The lowest BCUT2D eigenvalue weighted by molar-refractivity contribution is -0.137. The zero-order chi connectivity index (χ0) is 12.4. The summed E-state index contributed by atoms with van der Waals surface area (Å²) >= 11 is 0. The van der Waals surface area contributed by atoms with Crippen LogP contribution < -0.4 is 4.74 Å². The van der Waals surface area contributed by atoms with E-state index < -0.39 is 5.97 Å². The first kappa shape index (κ1) is 12.0. The molecule has 0 fully saturated rings. The van der Waals surface area contributed by atoms with Crippen molar-refractivity contribution in [3.05, 3.63) is 29.3 Å². The lowest BCUT2D eigenvalue weighted by atomic mass is 9.76. The fourth-order valence-electron chi connectivity index (χ4n) is 2.74. The summed E-state index contributed by atoms with van der Waals surface area (Å²) in [5.41, 5.74) is 2.43. The molecule has 3 heteroatoms. The van der Waals surface area contributed by atoms with Gasteiger partial charge in [-0.1, -0.05) is 13.0 Å². The number of methoxy groups -OCH3 is 1. The molecule has 0 bridgehead atoms. The molecule has 92 valence electrons. The third kappa shape index (κ3) is 2.60. The zero-order valence-corrected chi connectivity index (χ0v) is 10.3. The average molecular weight is 234 g/mol. The highest BCUT2D eigenvalue weighted by molar-refractivity contribution is 5.68. The number of aliphatic carboxylic acids is 1. The summed E-state index contributed by atoms with van der Waals surface area (Å²) in [4.78, 5) is 10.9. The minimum absolute atomic E-state index is 0.126. The molecule has 0 saturated carbocycles. The molecule has 0 heterocycles. The van der Waals surface area contributed by atoms with Crippen molar-refractivity contribution in [2.24, 2.45) is 5.92 Å². The first-order valence-electron chi connectivity index (χ1n) is 5.98. The highest BCUT2D eigenvalue weighted by Crippen LogP contribution is 2.38. The van der Waals surface area contributed by atoms with Gasteiger partial charge in [-0.15, -0.1) is 0 Å². The van der Waals surface area contributed by atoms with Crippen molar-refractivity contribution in [3.63, 3.8) is 0 Å². The molecular weight excluding hydrogens is 216 g/mol. The Labute approximate surface area is 101 Å². The molecule has 17 heavy (non-hydrogen) atoms. The molecule has 3 nitrogen and oxygen atoms in total. The summed E-state index contributed by atoms with van der Waals surface area (Å²) in [6, 6.07) is 6.02. The molecule has 1 aliphatic carbocycles. The van der Waals surface area contributed by atoms with Crippen molar-refractivity contribution in [1.29, 1.82) is 0 Å². The van der Waals surface area contributed by atoms with E-state index in [9.17, 15) is 4.79 Å². The Bertz CT molecular complexity index is 425. The Balaban J connectivity index is 2.35. The largest absolute Gasteiger partial charge is 0.497 e. The third-order valence-electron chi connectivity index (χ3n) is 3.47. The van der Waals surface area contributed by atoms with Gasteiger partial charge < -0.3 is 9.84 Å². The van der Waals surface area contributed by atoms with Gasteiger partial charge in [-0.25, -0.2) is 0 Å². The van der Waals surface area contributed by atoms with Crippen LogP contribution in [0.5, 0.6) is 5.75 Å². The smallest absolute Gasteiger partial charge is 0.303 e. The van der Waals surface area contributed by atoms with E-state index in [4.69, 9.17) is 9.84 Å². The molecule has 1 aromatic rings. The number of carbonyl (C=O) groups is 1. The fourth-order valence-corrected chi connectivity index (χ4v) is 2.74. The fraction of sp³-hybridized carbons (Fsp3) is 0.500. The highest BCUT2D eigenvalue weighted by Gasteiger charge is 2.26. The van der Waals surface area contributed by atoms with Gasteiger partial charge in [-0.3, -0.25) is 4.79 Å². The molecule has 1 N–H and O–H groups in total. The monoisotopic (exact) mass is 234 g/mol. The van der Waals surface area contributed by atoms with E-state index in [0.717, 1.165) is 24.2 Å². The Morgan fingerprint density at radius 3 is 2.94 bits per heavy atom. The summed E-state index contributed by atoms with van der Waals surface area (Å²) in [5, 5.41) is 8.97. The second-order valence-corrected chi connectivity index (χ2v) is 4.90. The van der Waals surface area contributed by atoms with Crippen LogP contribution in [0.2, 0.25) is 0 Å². The maximum atomic E-state index is 10.9. The second-order valence-electron chi connectivity index (χ2n) is 4.90. The normalized spacial score (nSPS) is 22.9. The molecular formula is C14H18O3. The molecule has 0 spiro atoms. The van der Waals surface area contributed by atoms with Gasteiger partial charge in [0.2, 0.25) is 0 Å². The third-order valence-corrected chi connectivity index (χ3v) is 3.47. The van der Waals surface area contributed by atoms with Crippen LogP contribution >= 0.6 is 0 Å². The molecule has 2 atom stereocenters. The molecule has 1 aromatic carbocycles. The summed E-state index contributed by atoms with van der Waals surface area (Å²) in [7, 11) is 1.64. The summed E-state index contributed by atoms with van der Waals surface area (Å²) in [6.45, 7) is 2.18.